The third-order valence-electron chi connectivity index (χ3n) is 16.7. The van der Waals surface area contributed by atoms with Crippen molar-refractivity contribution >= 4 is 81.6 Å². The number of pyridine rings is 3. The SMILES string of the molecule is CC(=O)C=C(C)O.CC(=O)C=C(C)O.CC(=O)C=C(C)O.Cc1[c-]c(-c2cc3sc(-c4ccc(F)cc4)cc3cn2)cc(C(C)(C)C)c1.Cc1[c-]c(-c2cc3sc(-c4ccccc4)c(-c4ccccc4)c3cn2)cc(C(C)(C)C)c1.Cc1[c-]c(-c2cc3sc(-c4ccccc4)c(C)c3cn2)cc(C(C)(C)C)c1.[Ir].[Ir].[Ir]. The number of halogens is 1. The minimum atomic E-state index is -0.214. The zero-order valence-corrected chi connectivity index (χ0v) is 75.4. The van der Waals surface area contributed by atoms with Gasteiger partial charge in [0.15, 0.2) is 17.3 Å². The van der Waals surface area contributed by atoms with Gasteiger partial charge in [0.1, 0.15) is 5.82 Å². The summed E-state index contributed by atoms with van der Waals surface area (Å²) in [4.78, 5) is 48.2. The predicted octanol–water partition coefficient (Wildman–Crippen LogP) is 26.3. The van der Waals surface area contributed by atoms with E-state index >= 15 is 0 Å². The Kier molecular flexibility index (Phi) is 34.3. The number of thiophene rings is 3. The molecule has 3 N–H and O–H groups in total. The fraction of sp³-hybridized carbons (Fsp3) is 0.234. The van der Waals surface area contributed by atoms with Gasteiger partial charge in [0.05, 0.1) is 17.3 Å². The van der Waals surface area contributed by atoms with Gasteiger partial charge in [-0.25, -0.2) is 4.39 Å². The number of aliphatic hydroxyl groups is 3. The molecule has 7 aromatic carbocycles. The molecule has 3 radical (unpaired) electrons. The molecule has 0 aliphatic carbocycles. The first-order chi connectivity index (χ1) is 50.4. The van der Waals surface area contributed by atoms with Crippen LogP contribution in [0.2, 0.25) is 0 Å². The van der Waals surface area contributed by atoms with Crippen molar-refractivity contribution < 1.29 is 94.4 Å². The van der Waals surface area contributed by atoms with Crippen LogP contribution in [0.5, 0.6) is 0 Å². The maximum absolute atomic E-state index is 13.2. The summed E-state index contributed by atoms with van der Waals surface area (Å²) in [6.07, 6.45) is 9.49. The first-order valence-corrected chi connectivity index (χ1v) is 37.8. The second kappa shape index (κ2) is 41.1. The number of hydrogen-bond acceptors (Lipinski definition) is 12. The largest absolute Gasteiger partial charge is 0.512 e. The molecule has 13 rings (SSSR count). The van der Waals surface area contributed by atoms with E-state index in [1.165, 1.54) is 151 Å². The first kappa shape index (κ1) is 92.0. The molecule has 0 saturated heterocycles. The van der Waals surface area contributed by atoms with Crippen LogP contribution in [0.4, 0.5) is 4.39 Å². The number of carbonyl (C=O) groups is 3. The van der Waals surface area contributed by atoms with Crippen LogP contribution in [0, 0.1) is 51.7 Å². The monoisotopic (exact) mass is 2060 g/mol. The Morgan fingerprint density at radius 2 is 0.727 bits per heavy atom. The molecule has 13 aromatic rings. The van der Waals surface area contributed by atoms with Crippen LogP contribution >= 0.6 is 34.0 Å². The number of benzene rings is 7. The number of aryl methyl sites for hydroxylation is 4. The molecule has 0 fully saturated rings. The number of rotatable bonds is 10. The van der Waals surface area contributed by atoms with Crippen molar-refractivity contribution in [3.8, 4) is 76.2 Å². The number of hydrogen-bond donors (Lipinski definition) is 3. The van der Waals surface area contributed by atoms with E-state index in [4.69, 9.17) is 25.3 Å². The van der Waals surface area contributed by atoms with Crippen molar-refractivity contribution in [2.24, 2.45) is 0 Å². The standard InChI is InChI=1S/C30H26NS.C25H24NS.C24H21FNS.3C5H8O2.3Ir/c1-20-15-23(17-24(16-20)30(2,3)4)26-18-27-25(19-31-26)28(21-11-7-5-8-12-21)29(32-27)22-13-9-6-10-14-22;1-16-11-19(13-20(12-16)25(3,4)5)22-14-23-21(15-26-22)17(2)24(27-23)18-9-7-6-8-10-18;1-15-9-17(11-19(10-15)24(2,3)4)21-13-23-18(14-26-21)12-22(27-23)16-5-7-20(25)8-6-16;3*1-4(6)3-5(2)7;;;/h5-14,16-19H,1-4H3;6-10,12-15H,1-5H3;5-8,10-14H,1-4H3;3*3,6H,1-2H3;;;/q3*-1;;;;;;. The Morgan fingerprint density at radius 1 is 0.391 bits per heavy atom. The van der Waals surface area contributed by atoms with Crippen LogP contribution in [0.3, 0.4) is 0 Å². The zero-order valence-electron chi connectivity index (χ0n) is 65.7. The van der Waals surface area contributed by atoms with Crippen LogP contribution in [-0.4, -0.2) is 47.6 Å². The molecule has 0 unspecified atom stereocenters. The fourth-order valence-corrected chi connectivity index (χ4v) is 15.1. The maximum Gasteiger partial charge on any atom is 0.155 e. The Hall–Kier alpha value is -8.62. The van der Waals surface area contributed by atoms with E-state index < -0.39 is 0 Å². The molecule has 16 heteroatoms. The van der Waals surface area contributed by atoms with Gasteiger partial charge in [-0.2, -0.15) is 0 Å². The fourth-order valence-electron chi connectivity index (χ4n) is 11.5. The van der Waals surface area contributed by atoms with Gasteiger partial charge >= 0.3 is 0 Å². The van der Waals surface area contributed by atoms with E-state index in [2.05, 4.69) is 265 Å². The molecular formula is C94H95FIr3N3O6S3-3. The predicted molar refractivity (Wildman–Crippen MR) is 450 cm³/mol. The van der Waals surface area contributed by atoms with Crippen LogP contribution in [-0.2, 0) is 90.9 Å². The second-order valence-electron chi connectivity index (χ2n) is 29.7. The number of ketones is 3. The van der Waals surface area contributed by atoms with Crippen LogP contribution < -0.4 is 0 Å². The van der Waals surface area contributed by atoms with Gasteiger partial charge in [-0.1, -0.05) is 204 Å². The van der Waals surface area contributed by atoms with Crippen molar-refractivity contribution in [1.82, 2.24) is 15.0 Å². The third kappa shape index (κ3) is 26.5. The van der Waals surface area contributed by atoms with E-state index in [0.29, 0.717) is 0 Å². The van der Waals surface area contributed by atoms with Crippen molar-refractivity contribution in [3.63, 3.8) is 0 Å². The molecule has 0 bridgehead atoms. The molecule has 6 aromatic heterocycles. The molecule has 110 heavy (non-hydrogen) atoms. The van der Waals surface area contributed by atoms with Crippen molar-refractivity contribution in [3.05, 3.63) is 293 Å². The van der Waals surface area contributed by atoms with Gasteiger partial charge in [-0.15, -0.1) is 139 Å². The van der Waals surface area contributed by atoms with Crippen molar-refractivity contribution in [2.75, 3.05) is 0 Å². The molecule has 0 aliphatic rings. The minimum Gasteiger partial charge on any atom is -0.512 e. The smallest absolute Gasteiger partial charge is 0.155 e. The van der Waals surface area contributed by atoms with E-state index in [1.54, 1.807) is 11.3 Å². The van der Waals surface area contributed by atoms with E-state index in [9.17, 15) is 18.8 Å². The number of nitrogens with zero attached hydrogens (tertiary/aromatic N) is 3. The van der Waals surface area contributed by atoms with Gasteiger partial charge in [0.2, 0.25) is 0 Å². The molecule has 9 nitrogen and oxygen atoms in total. The normalized spacial score (nSPS) is 11.4. The quantitative estimate of drug-likeness (QED) is 0.0691. The summed E-state index contributed by atoms with van der Waals surface area (Å²) >= 11 is 5.39. The molecule has 0 atom stereocenters. The molecule has 6 heterocycles. The topological polar surface area (TPSA) is 151 Å². The minimum absolute atomic E-state index is 0. The Bertz CT molecular complexity index is 5310. The molecule has 0 spiro atoms. The van der Waals surface area contributed by atoms with Crippen molar-refractivity contribution in [1.29, 1.82) is 0 Å². The summed E-state index contributed by atoms with van der Waals surface area (Å²) in [5.74, 6) is -0.402. The average molecular weight is 2050 g/mol. The number of aromatic nitrogens is 3. The van der Waals surface area contributed by atoms with Crippen LogP contribution in [0.1, 0.15) is 143 Å². The Labute approximate surface area is 701 Å². The van der Waals surface area contributed by atoms with Gasteiger partial charge < -0.3 is 30.3 Å². The Morgan fingerprint density at radius 3 is 1.09 bits per heavy atom. The summed E-state index contributed by atoms with van der Waals surface area (Å²) in [6, 6.07) is 71.0. The number of carbonyl (C=O) groups excluding carboxylic acids is 3. The van der Waals surface area contributed by atoms with Crippen LogP contribution in [0.15, 0.2) is 230 Å². The van der Waals surface area contributed by atoms with E-state index in [1.807, 2.05) is 53.4 Å². The van der Waals surface area contributed by atoms with Gasteiger partial charge in [0.25, 0.3) is 0 Å². The average Bonchev–Trinajstić information content (AvgIpc) is 1.61. The summed E-state index contributed by atoms with van der Waals surface area (Å²) in [5, 5.41) is 28.6. The molecular weight excluding hydrogens is 1960 g/mol. The number of allylic oxidation sites excluding steroid dienone is 6. The summed E-state index contributed by atoms with van der Waals surface area (Å²) in [5.41, 5.74) is 21.0. The van der Waals surface area contributed by atoms with Crippen LogP contribution in [0.25, 0.3) is 106 Å². The number of fused-ring (bicyclic) bond motifs is 3. The summed E-state index contributed by atoms with van der Waals surface area (Å²) in [7, 11) is 0. The van der Waals surface area contributed by atoms with Gasteiger partial charge in [-0.3, -0.25) is 14.4 Å². The first-order valence-electron chi connectivity index (χ1n) is 35.3. The zero-order chi connectivity index (χ0) is 78.2. The third-order valence-corrected chi connectivity index (χ3v) is 20.4. The molecule has 0 aliphatic heterocycles. The second-order valence-corrected chi connectivity index (χ2v) is 32.8. The maximum atomic E-state index is 13.2. The van der Waals surface area contributed by atoms with Gasteiger partial charge in [-0.05, 0) is 128 Å². The number of aliphatic hydroxyl groups excluding tert-OH is 3. The van der Waals surface area contributed by atoms with E-state index in [-0.39, 0.29) is 117 Å². The molecule has 577 valence electrons. The Balaban J connectivity index is 0.000000258. The molecule has 0 saturated carbocycles. The van der Waals surface area contributed by atoms with Gasteiger partial charge in [0, 0.05) is 148 Å². The van der Waals surface area contributed by atoms with Crippen molar-refractivity contribution in [2.45, 2.75) is 148 Å². The summed E-state index contributed by atoms with van der Waals surface area (Å²) < 4.78 is 16.9. The molecule has 0 amide bonds. The van der Waals surface area contributed by atoms with E-state index in [0.717, 1.165) is 66.3 Å². The summed E-state index contributed by atoms with van der Waals surface area (Å²) in [6.45, 7) is 37.2.